The Morgan fingerprint density at radius 1 is 1.32 bits per heavy atom. The minimum Gasteiger partial charge on any atom is -0.446 e. The first-order valence-corrected chi connectivity index (χ1v) is 11.6. The molecule has 2 aromatic heterocycles. The van der Waals surface area contributed by atoms with Crippen molar-refractivity contribution in [2.45, 2.75) is 90.8 Å². The Labute approximate surface area is 187 Å². The quantitative estimate of drug-likeness (QED) is 0.686. The molecule has 2 heterocycles. The second kappa shape index (κ2) is 9.38. The van der Waals surface area contributed by atoms with Crippen LogP contribution in [0.2, 0.25) is 0 Å². The van der Waals surface area contributed by atoms with Crippen LogP contribution >= 0.6 is 11.3 Å². The zero-order valence-corrected chi connectivity index (χ0v) is 20.0. The molecule has 2 N–H and O–H groups in total. The van der Waals surface area contributed by atoms with Gasteiger partial charge in [-0.05, 0) is 60.8 Å². The molecule has 8 nitrogen and oxygen atoms in total. The highest BCUT2D eigenvalue weighted by Crippen LogP contribution is 2.37. The van der Waals surface area contributed by atoms with E-state index < -0.39 is 0 Å². The zero-order chi connectivity index (χ0) is 22.8. The number of anilines is 1. The molecule has 1 saturated carbocycles. The van der Waals surface area contributed by atoms with Crippen molar-refractivity contribution in [1.29, 1.82) is 0 Å². The third kappa shape index (κ3) is 6.29. The molecule has 2 aromatic rings. The fourth-order valence-electron chi connectivity index (χ4n) is 3.77. The van der Waals surface area contributed by atoms with Gasteiger partial charge in [-0.15, -0.1) is 11.3 Å². The maximum Gasteiger partial charge on any atom is 0.407 e. The van der Waals surface area contributed by atoms with Crippen LogP contribution in [0.1, 0.15) is 75.4 Å². The van der Waals surface area contributed by atoms with Gasteiger partial charge in [-0.2, -0.15) is 5.10 Å². The van der Waals surface area contributed by atoms with E-state index in [1.807, 2.05) is 31.5 Å². The van der Waals surface area contributed by atoms with Crippen LogP contribution < -0.4 is 10.6 Å². The minimum absolute atomic E-state index is 0.0484. The highest BCUT2D eigenvalue weighted by molar-refractivity contribution is 7.11. The number of nitrogens with zero attached hydrogens (tertiary/aromatic N) is 3. The molecule has 0 radical (unpaired) electrons. The van der Waals surface area contributed by atoms with Crippen LogP contribution in [0.25, 0.3) is 0 Å². The Morgan fingerprint density at radius 2 is 2.06 bits per heavy atom. The van der Waals surface area contributed by atoms with E-state index in [9.17, 15) is 9.59 Å². The Kier molecular flexibility index (Phi) is 7.03. The van der Waals surface area contributed by atoms with E-state index in [0.717, 1.165) is 34.8 Å². The lowest BCUT2D eigenvalue weighted by Gasteiger charge is -2.22. The molecule has 170 valence electrons. The molecule has 1 fully saturated rings. The van der Waals surface area contributed by atoms with Crippen molar-refractivity contribution in [1.82, 2.24) is 20.1 Å². The monoisotopic (exact) mass is 447 g/mol. The van der Waals surface area contributed by atoms with Gasteiger partial charge in [0.1, 0.15) is 11.9 Å². The van der Waals surface area contributed by atoms with Crippen LogP contribution in [0.15, 0.2) is 12.3 Å². The lowest BCUT2D eigenvalue weighted by Crippen LogP contribution is -2.33. The van der Waals surface area contributed by atoms with E-state index in [1.54, 1.807) is 6.20 Å². The van der Waals surface area contributed by atoms with Crippen LogP contribution in [0.5, 0.6) is 0 Å². The second-order valence-electron chi connectivity index (χ2n) is 9.44. The average molecular weight is 448 g/mol. The molecule has 0 spiro atoms. The Morgan fingerprint density at radius 3 is 2.68 bits per heavy atom. The van der Waals surface area contributed by atoms with Crippen LogP contribution in [0, 0.1) is 6.92 Å². The molecule has 2 unspecified atom stereocenters. The summed E-state index contributed by atoms with van der Waals surface area (Å²) in [4.78, 5) is 29.7. The lowest BCUT2D eigenvalue weighted by atomic mass is 10.0. The van der Waals surface area contributed by atoms with Gasteiger partial charge in [-0.1, -0.05) is 0 Å². The summed E-state index contributed by atoms with van der Waals surface area (Å²) < 4.78 is 7.42. The van der Waals surface area contributed by atoms with E-state index in [0.29, 0.717) is 12.2 Å². The standard InChI is InChI=1S/C22H33N5O3S/c1-13(2)24-21(29)30-16-8-7-15(9-16)18-11-19(27(26-18)22(4,5)6)25-20(28)10-17-12-23-14(3)31-17/h11-13,15-16H,7-10H2,1-6H3,(H,24,29)(H,25,28). The van der Waals surface area contributed by atoms with Crippen molar-refractivity contribution >= 4 is 29.2 Å². The van der Waals surface area contributed by atoms with Gasteiger partial charge in [0.05, 0.1) is 22.7 Å². The van der Waals surface area contributed by atoms with Gasteiger partial charge in [0.2, 0.25) is 5.91 Å². The Bertz CT molecular complexity index is 928. The number of carbonyl (C=O) groups excluding carboxylic acids is 2. The first kappa shape index (κ1) is 23.2. The summed E-state index contributed by atoms with van der Waals surface area (Å²) in [5.74, 6) is 0.800. The van der Waals surface area contributed by atoms with Gasteiger partial charge in [0.15, 0.2) is 0 Å². The number of alkyl carbamates (subject to hydrolysis) is 1. The van der Waals surface area contributed by atoms with Crippen molar-refractivity contribution in [2.75, 3.05) is 5.32 Å². The molecular formula is C22H33N5O3S. The summed E-state index contributed by atoms with van der Waals surface area (Å²) in [6.45, 7) is 11.9. The molecule has 3 rings (SSSR count). The molecule has 0 aliphatic heterocycles. The number of carbonyl (C=O) groups is 2. The van der Waals surface area contributed by atoms with E-state index in [2.05, 4.69) is 36.4 Å². The van der Waals surface area contributed by atoms with Crippen molar-refractivity contribution in [3.8, 4) is 0 Å². The number of amides is 2. The van der Waals surface area contributed by atoms with Crippen LogP contribution in [0.3, 0.4) is 0 Å². The first-order valence-electron chi connectivity index (χ1n) is 10.8. The number of rotatable bonds is 6. The SMILES string of the molecule is Cc1ncc(CC(=O)Nc2cc(C3CCC(OC(=O)NC(C)C)C3)nn2C(C)(C)C)s1. The van der Waals surface area contributed by atoms with Crippen molar-refractivity contribution in [2.24, 2.45) is 0 Å². The van der Waals surface area contributed by atoms with Gasteiger partial charge >= 0.3 is 6.09 Å². The third-order valence-electron chi connectivity index (χ3n) is 5.12. The molecule has 0 aromatic carbocycles. The normalized spacial score (nSPS) is 18.9. The summed E-state index contributed by atoms with van der Waals surface area (Å²) in [6.07, 6.45) is 4.00. The van der Waals surface area contributed by atoms with Crippen molar-refractivity contribution in [3.63, 3.8) is 0 Å². The number of aromatic nitrogens is 3. The number of ether oxygens (including phenoxy) is 1. The number of hydrogen-bond donors (Lipinski definition) is 2. The summed E-state index contributed by atoms with van der Waals surface area (Å²) in [7, 11) is 0. The molecule has 2 amide bonds. The molecular weight excluding hydrogens is 414 g/mol. The van der Waals surface area contributed by atoms with Crippen molar-refractivity contribution < 1.29 is 14.3 Å². The highest BCUT2D eigenvalue weighted by Gasteiger charge is 2.32. The van der Waals surface area contributed by atoms with E-state index in [1.165, 1.54) is 11.3 Å². The molecule has 0 bridgehead atoms. The predicted molar refractivity (Wildman–Crippen MR) is 122 cm³/mol. The minimum atomic E-state index is -0.368. The second-order valence-corrected chi connectivity index (χ2v) is 10.8. The van der Waals surface area contributed by atoms with Crippen LogP contribution in [-0.2, 0) is 21.5 Å². The number of hydrogen-bond acceptors (Lipinski definition) is 6. The smallest absolute Gasteiger partial charge is 0.407 e. The molecule has 9 heteroatoms. The number of nitrogens with one attached hydrogen (secondary N) is 2. The molecule has 0 saturated heterocycles. The summed E-state index contributed by atoms with van der Waals surface area (Å²) in [5.41, 5.74) is 0.641. The van der Waals surface area contributed by atoms with Gasteiger partial charge in [-0.3, -0.25) is 4.79 Å². The lowest BCUT2D eigenvalue weighted by molar-refractivity contribution is -0.115. The van der Waals surface area contributed by atoms with Crippen LogP contribution in [0.4, 0.5) is 10.6 Å². The molecule has 31 heavy (non-hydrogen) atoms. The van der Waals surface area contributed by atoms with Gasteiger partial charge in [-0.25, -0.2) is 14.5 Å². The van der Waals surface area contributed by atoms with E-state index >= 15 is 0 Å². The molecule has 1 aliphatic rings. The maximum atomic E-state index is 12.6. The average Bonchev–Trinajstić information content (AvgIpc) is 3.34. The number of thiazole rings is 1. The third-order valence-corrected chi connectivity index (χ3v) is 6.03. The molecule has 2 atom stereocenters. The van der Waals surface area contributed by atoms with Gasteiger partial charge < -0.3 is 15.4 Å². The molecule has 1 aliphatic carbocycles. The summed E-state index contributed by atoms with van der Waals surface area (Å²) in [6, 6.07) is 2.01. The Balaban J connectivity index is 1.69. The zero-order valence-electron chi connectivity index (χ0n) is 19.2. The maximum absolute atomic E-state index is 12.6. The summed E-state index contributed by atoms with van der Waals surface area (Å²) in [5, 5.41) is 11.6. The first-order chi connectivity index (χ1) is 14.5. The highest BCUT2D eigenvalue weighted by atomic mass is 32.1. The fraction of sp³-hybridized carbons (Fsp3) is 0.636. The number of aryl methyl sites for hydroxylation is 1. The van der Waals surface area contributed by atoms with E-state index in [4.69, 9.17) is 9.84 Å². The largest absolute Gasteiger partial charge is 0.446 e. The summed E-state index contributed by atoms with van der Waals surface area (Å²) >= 11 is 1.53. The van der Waals surface area contributed by atoms with Gasteiger partial charge in [0, 0.05) is 29.1 Å². The fourth-order valence-corrected chi connectivity index (χ4v) is 4.56. The van der Waals surface area contributed by atoms with Crippen LogP contribution in [-0.4, -0.2) is 38.9 Å². The van der Waals surface area contributed by atoms with E-state index in [-0.39, 0.29) is 35.6 Å². The van der Waals surface area contributed by atoms with Crippen molar-refractivity contribution in [3.05, 3.63) is 27.8 Å². The van der Waals surface area contributed by atoms with Gasteiger partial charge in [0.25, 0.3) is 0 Å². The topological polar surface area (TPSA) is 98.1 Å². The predicted octanol–water partition coefficient (Wildman–Crippen LogP) is 4.35. The Hall–Kier alpha value is -2.42.